The maximum absolute atomic E-state index is 11.1. The lowest BCUT2D eigenvalue weighted by atomic mass is 10.1. The summed E-state index contributed by atoms with van der Waals surface area (Å²) in [5.74, 6) is 0.640. The lowest BCUT2D eigenvalue weighted by molar-refractivity contribution is -0.385. The number of anilines is 1. The third-order valence-corrected chi connectivity index (χ3v) is 3.36. The molecule has 8 heteroatoms. The van der Waals surface area contributed by atoms with Gasteiger partial charge in [-0.3, -0.25) is 15.5 Å². The largest absolute Gasteiger partial charge is 0.495 e. The predicted octanol–water partition coefficient (Wildman–Crippen LogP) is 3.31. The molecule has 0 spiro atoms. The molecular formula is C16H16N4O3S. The summed E-state index contributed by atoms with van der Waals surface area (Å²) in [5.41, 5.74) is 4.23. The van der Waals surface area contributed by atoms with Gasteiger partial charge in [-0.1, -0.05) is 24.3 Å². The Morgan fingerprint density at radius 3 is 2.58 bits per heavy atom. The van der Waals surface area contributed by atoms with Crippen molar-refractivity contribution in [2.75, 3.05) is 12.4 Å². The Bertz CT molecular complexity index is 792. The molecular weight excluding hydrogens is 328 g/mol. The second-order valence-corrected chi connectivity index (χ2v) is 5.15. The molecule has 0 heterocycles. The van der Waals surface area contributed by atoms with Crippen LogP contribution in [0.15, 0.2) is 53.6 Å². The van der Waals surface area contributed by atoms with Gasteiger partial charge >= 0.3 is 0 Å². The topological polar surface area (TPSA) is 88.8 Å². The van der Waals surface area contributed by atoms with E-state index >= 15 is 0 Å². The molecule has 0 unspecified atom stereocenters. The van der Waals surface area contributed by atoms with Crippen molar-refractivity contribution in [3.8, 4) is 5.75 Å². The maximum Gasteiger partial charge on any atom is 0.278 e. The summed E-state index contributed by atoms with van der Waals surface area (Å²) in [6.07, 6.45) is 0. The van der Waals surface area contributed by atoms with Gasteiger partial charge in [0, 0.05) is 6.07 Å². The Kier molecular flexibility index (Phi) is 5.80. The van der Waals surface area contributed by atoms with E-state index in [0.29, 0.717) is 22.7 Å². The number of para-hydroxylation sites is 3. The third kappa shape index (κ3) is 4.26. The number of hydrogen-bond acceptors (Lipinski definition) is 5. The van der Waals surface area contributed by atoms with Crippen LogP contribution in [0.25, 0.3) is 0 Å². The maximum atomic E-state index is 11.1. The van der Waals surface area contributed by atoms with Crippen LogP contribution in [-0.2, 0) is 0 Å². The molecule has 0 amide bonds. The van der Waals surface area contributed by atoms with Gasteiger partial charge < -0.3 is 10.1 Å². The highest BCUT2D eigenvalue weighted by Gasteiger charge is 2.14. The van der Waals surface area contributed by atoms with Gasteiger partial charge in [-0.25, -0.2) is 0 Å². The monoisotopic (exact) mass is 344 g/mol. The smallest absolute Gasteiger partial charge is 0.278 e. The molecule has 2 rings (SSSR count). The molecule has 0 radical (unpaired) electrons. The SMILES string of the molecule is COc1ccccc1NC(=S)N/N=C(/C)c1ccccc1[N+](=O)[O-]. The number of hydrazone groups is 1. The highest BCUT2D eigenvalue weighted by Crippen LogP contribution is 2.23. The number of ether oxygens (including phenoxy) is 1. The van der Waals surface area contributed by atoms with Crippen LogP contribution < -0.4 is 15.5 Å². The Hall–Kier alpha value is -3.00. The van der Waals surface area contributed by atoms with Crippen molar-refractivity contribution in [3.63, 3.8) is 0 Å². The molecule has 0 fully saturated rings. The minimum Gasteiger partial charge on any atom is -0.495 e. The van der Waals surface area contributed by atoms with Crippen LogP contribution in [-0.4, -0.2) is 22.9 Å². The zero-order valence-electron chi connectivity index (χ0n) is 13.1. The number of rotatable bonds is 5. The van der Waals surface area contributed by atoms with E-state index < -0.39 is 4.92 Å². The van der Waals surface area contributed by atoms with Crippen LogP contribution in [0, 0.1) is 10.1 Å². The first-order chi connectivity index (χ1) is 11.5. The molecule has 0 aliphatic rings. The summed E-state index contributed by atoms with van der Waals surface area (Å²) in [7, 11) is 1.56. The van der Waals surface area contributed by atoms with Gasteiger partial charge in [0.1, 0.15) is 5.75 Å². The van der Waals surface area contributed by atoms with E-state index in [2.05, 4.69) is 15.8 Å². The summed E-state index contributed by atoms with van der Waals surface area (Å²) in [4.78, 5) is 10.6. The zero-order valence-corrected chi connectivity index (χ0v) is 14.0. The highest BCUT2D eigenvalue weighted by molar-refractivity contribution is 7.80. The third-order valence-electron chi connectivity index (χ3n) is 3.17. The highest BCUT2D eigenvalue weighted by atomic mass is 32.1. The fourth-order valence-electron chi connectivity index (χ4n) is 2.03. The Balaban J connectivity index is 2.10. The summed E-state index contributed by atoms with van der Waals surface area (Å²) in [6, 6.07) is 13.7. The molecule has 0 bridgehead atoms. The average Bonchev–Trinajstić information content (AvgIpc) is 2.60. The molecule has 124 valence electrons. The first kappa shape index (κ1) is 17.4. The number of nitro benzene ring substituents is 1. The number of benzene rings is 2. The minimum absolute atomic E-state index is 0.0100. The van der Waals surface area contributed by atoms with E-state index in [-0.39, 0.29) is 10.8 Å². The van der Waals surface area contributed by atoms with Crippen molar-refractivity contribution in [2.45, 2.75) is 6.92 Å². The molecule has 0 atom stereocenters. The van der Waals surface area contributed by atoms with Crippen LogP contribution in [0.1, 0.15) is 12.5 Å². The number of hydrogen-bond donors (Lipinski definition) is 2. The average molecular weight is 344 g/mol. The second kappa shape index (κ2) is 8.02. The summed E-state index contributed by atoms with van der Waals surface area (Å²) in [5, 5.41) is 18.4. The van der Waals surface area contributed by atoms with E-state index in [0.717, 1.165) is 0 Å². The van der Waals surface area contributed by atoms with Crippen molar-refractivity contribution in [1.29, 1.82) is 0 Å². The van der Waals surface area contributed by atoms with E-state index in [1.165, 1.54) is 6.07 Å². The van der Waals surface area contributed by atoms with Gasteiger partial charge in [0.15, 0.2) is 5.11 Å². The van der Waals surface area contributed by atoms with Crippen molar-refractivity contribution in [1.82, 2.24) is 5.43 Å². The van der Waals surface area contributed by atoms with Gasteiger partial charge in [-0.05, 0) is 37.3 Å². The zero-order chi connectivity index (χ0) is 17.5. The fraction of sp³-hybridized carbons (Fsp3) is 0.125. The van der Waals surface area contributed by atoms with Gasteiger partial charge in [0.25, 0.3) is 5.69 Å². The number of thiocarbonyl (C=S) groups is 1. The van der Waals surface area contributed by atoms with E-state index in [1.54, 1.807) is 38.3 Å². The lowest BCUT2D eigenvalue weighted by Gasteiger charge is -2.11. The number of methoxy groups -OCH3 is 1. The molecule has 2 N–H and O–H groups in total. The lowest BCUT2D eigenvalue weighted by Crippen LogP contribution is -2.25. The van der Waals surface area contributed by atoms with Gasteiger partial charge in [0.2, 0.25) is 0 Å². The summed E-state index contributed by atoms with van der Waals surface area (Å²) < 4.78 is 5.22. The molecule has 2 aromatic carbocycles. The van der Waals surface area contributed by atoms with Crippen molar-refractivity contribution in [3.05, 3.63) is 64.2 Å². The van der Waals surface area contributed by atoms with Crippen LogP contribution in [0.2, 0.25) is 0 Å². The molecule has 0 aromatic heterocycles. The van der Waals surface area contributed by atoms with Crippen molar-refractivity contribution in [2.24, 2.45) is 5.10 Å². The molecule has 7 nitrogen and oxygen atoms in total. The normalized spacial score (nSPS) is 10.8. The quantitative estimate of drug-likeness (QED) is 0.374. The fourth-order valence-corrected chi connectivity index (χ4v) is 2.19. The van der Waals surface area contributed by atoms with E-state index in [9.17, 15) is 10.1 Å². The number of nitro groups is 1. The van der Waals surface area contributed by atoms with Gasteiger partial charge in [-0.2, -0.15) is 5.10 Å². The van der Waals surface area contributed by atoms with Gasteiger partial charge in [-0.15, -0.1) is 0 Å². The van der Waals surface area contributed by atoms with Crippen molar-refractivity contribution < 1.29 is 9.66 Å². The molecule has 0 saturated heterocycles. The van der Waals surface area contributed by atoms with E-state index in [1.807, 2.05) is 18.2 Å². The Morgan fingerprint density at radius 1 is 1.21 bits per heavy atom. The Morgan fingerprint density at radius 2 is 1.88 bits per heavy atom. The molecule has 0 aliphatic carbocycles. The van der Waals surface area contributed by atoms with Crippen molar-refractivity contribution >= 4 is 34.4 Å². The van der Waals surface area contributed by atoms with Crippen LogP contribution in [0.3, 0.4) is 0 Å². The van der Waals surface area contributed by atoms with Gasteiger partial charge in [0.05, 0.1) is 29.0 Å². The second-order valence-electron chi connectivity index (χ2n) is 4.74. The number of nitrogens with one attached hydrogen (secondary N) is 2. The van der Waals surface area contributed by atoms with E-state index in [4.69, 9.17) is 17.0 Å². The van der Waals surface area contributed by atoms with Crippen LogP contribution in [0.4, 0.5) is 11.4 Å². The predicted molar refractivity (Wildman–Crippen MR) is 97.7 cm³/mol. The molecule has 2 aromatic rings. The number of nitrogens with zero attached hydrogens (tertiary/aromatic N) is 2. The molecule has 24 heavy (non-hydrogen) atoms. The summed E-state index contributed by atoms with van der Waals surface area (Å²) >= 11 is 5.18. The minimum atomic E-state index is -0.445. The first-order valence-corrected chi connectivity index (χ1v) is 7.42. The van der Waals surface area contributed by atoms with Crippen LogP contribution in [0.5, 0.6) is 5.75 Å². The summed E-state index contributed by atoms with van der Waals surface area (Å²) in [6.45, 7) is 1.67. The Labute approximate surface area is 144 Å². The standard InChI is InChI=1S/C16H16N4O3S/c1-11(12-7-3-5-9-14(12)20(21)22)18-19-16(24)17-13-8-4-6-10-15(13)23-2/h3-10H,1-2H3,(H2,17,19,24)/b18-11-. The molecule has 0 saturated carbocycles. The molecule has 0 aliphatic heterocycles. The first-order valence-electron chi connectivity index (χ1n) is 7.01. The van der Waals surface area contributed by atoms with Crippen LogP contribution >= 0.6 is 12.2 Å².